The van der Waals surface area contributed by atoms with Crippen molar-refractivity contribution in [1.29, 1.82) is 0 Å². The van der Waals surface area contributed by atoms with E-state index in [1.54, 1.807) is 12.1 Å². The average molecular weight is 516 g/mol. The number of benzene rings is 2. The molecule has 1 N–H and O–H groups in total. The predicted octanol–water partition coefficient (Wildman–Crippen LogP) is 4.34. The zero-order valence-electron chi connectivity index (χ0n) is 22.6. The molecule has 0 saturated heterocycles. The third kappa shape index (κ3) is 8.66. The lowest BCUT2D eigenvalue weighted by molar-refractivity contribution is -0.140. The van der Waals surface area contributed by atoms with Crippen LogP contribution in [0.25, 0.3) is 0 Å². The number of carbonyl (C=O) groups excluding carboxylic acids is 2. The second kappa shape index (κ2) is 12.4. The molecule has 0 aromatic heterocycles. The predicted molar refractivity (Wildman–Crippen MR) is 147 cm³/mol. The van der Waals surface area contributed by atoms with E-state index in [9.17, 15) is 18.0 Å². The molecule has 0 bridgehead atoms. The Morgan fingerprint density at radius 1 is 0.972 bits per heavy atom. The molecule has 36 heavy (non-hydrogen) atoms. The van der Waals surface area contributed by atoms with Crippen molar-refractivity contribution in [3.05, 3.63) is 65.7 Å². The Hall–Kier alpha value is -2.87. The highest BCUT2D eigenvalue weighted by Crippen LogP contribution is 2.23. The van der Waals surface area contributed by atoms with Crippen LogP contribution in [0.15, 0.2) is 54.6 Å². The second-order valence-electron chi connectivity index (χ2n) is 10.5. The number of rotatable bonds is 11. The van der Waals surface area contributed by atoms with Crippen LogP contribution in [0.2, 0.25) is 0 Å². The van der Waals surface area contributed by atoms with Crippen molar-refractivity contribution in [1.82, 2.24) is 10.2 Å². The number of nitrogens with one attached hydrogen (secondary N) is 1. The fourth-order valence-electron chi connectivity index (χ4n) is 3.99. The molecular weight excluding hydrogens is 474 g/mol. The van der Waals surface area contributed by atoms with Crippen LogP contribution in [-0.2, 0) is 26.0 Å². The van der Waals surface area contributed by atoms with Crippen molar-refractivity contribution in [2.45, 2.75) is 71.9 Å². The van der Waals surface area contributed by atoms with Gasteiger partial charge in [0.1, 0.15) is 12.6 Å². The maximum Gasteiger partial charge on any atom is 0.244 e. The molecule has 1 unspecified atom stereocenters. The van der Waals surface area contributed by atoms with Gasteiger partial charge in [-0.2, -0.15) is 0 Å². The molecule has 198 valence electrons. The van der Waals surface area contributed by atoms with Crippen molar-refractivity contribution in [3.63, 3.8) is 0 Å². The van der Waals surface area contributed by atoms with E-state index in [4.69, 9.17) is 0 Å². The van der Waals surface area contributed by atoms with Gasteiger partial charge in [0.25, 0.3) is 0 Å². The lowest BCUT2D eigenvalue weighted by atomic mass is 10.0. The van der Waals surface area contributed by atoms with Crippen molar-refractivity contribution in [2.24, 2.45) is 0 Å². The number of anilines is 1. The molecule has 1 atom stereocenters. The molecule has 7 nitrogen and oxygen atoms in total. The third-order valence-corrected chi connectivity index (χ3v) is 7.04. The van der Waals surface area contributed by atoms with Gasteiger partial charge in [0, 0.05) is 12.1 Å². The smallest absolute Gasteiger partial charge is 0.244 e. The Balaban J connectivity index is 2.38. The number of carbonyl (C=O) groups is 2. The van der Waals surface area contributed by atoms with Crippen LogP contribution in [0, 0.1) is 0 Å². The van der Waals surface area contributed by atoms with E-state index in [-0.39, 0.29) is 12.5 Å². The van der Waals surface area contributed by atoms with Gasteiger partial charge in [0.2, 0.25) is 21.8 Å². The molecule has 2 aromatic carbocycles. The molecule has 0 fully saturated rings. The summed E-state index contributed by atoms with van der Waals surface area (Å²) in [5.41, 5.74) is 2.07. The minimum atomic E-state index is -3.74. The fourth-order valence-corrected chi connectivity index (χ4v) is 4.84. The molecule has 2 amide bonds. The summed E-state index contributed by atoms with van der Waals surface area (Å²) in [4.78, 5) is 28.4. The molecule has 2 aromatic rings. The zero-order chi connectivity index (χ0) is 27.1. The highest BCUT2D eigenvalue weighted by atomic mass is 32.2. The lowest BCUT2D eigenvalue weighted by Crippen LogP contribution is -2.56. The molecule has 0 saturated carbocycles. The Morgan fingerprint density at radius 3 is 2.03 bits per heavy atom. The Morgan fingerprint density at radius 2 is 1.56 bits per heavy atom. The number of sulfonamides is 1. The monoisotopic (exact) mass is 515 g/mol. The molecular formula is C28H41N3O4S. The first kappa shape index (κ1) is 29.4. The molecule has 0 aliphatic carbocycles. The van der Waals surface area contributed by atoms with E-state index in [0.717, 1.165) is 21.7 Å². The van der Waals surface area contributed by atoms with Crippen LogP contribution >= 0.6 is 0 Å². The summed E-state index contributed by atoms with van der Waals surface area (Å²) in [5.74, 6) is -0.369. The zero-order valence-corrected chi connectivity index (χ0v) is 23.4. The molecule has 2 rings (SSSR count). The first-order valence-corrected chi connectivity index (χ1v) is 14.3. The van der Waals surface area contributed by atoms with Crippen molar-refractivity contribution in [3.8, 4) is 0 Å². The van der Waals surface area contributed by atoms with Gasteiger partial charge in [-0.1, -0.05) is 63.2 Å². The van der Waals surface area contributed by atoms with Gasteiger partial charge in [-0.3, -0.25) is 13.9 Å². The summed E-state index contributed by atoms with van der Waals surface area (Å²) in [6.07, 6.45) is 2.05. The van der Waals surface area contributed by atoms with E-state index < -0.39 is 27.5 Å². The molecule has 0 radical (unpaired) electrons. The second-order valence-corrected chi connectivity index (χ2v) is 12.4. The molecule has 8 heteroatoms. The van der Waals surface area contributed by atoms with E-state index >= 15 is 0 Å². The third-order valence-electron chi connectivity index (χ3n) is 5.90. The Kier molecular flexibility index (Phi) is 10.1. The summed E-state index contributed by atoms with van der Waals surface area (Å²) in [6.45, 7) is 11.6. The minimum Gasteiger partial charge on any atom is -0.350 e. The lowest BCUT2D eigenvalue weighted by Gasteiger charge is -2.34. The topological polar surface area (TPSA) is 86.8 Å². The number of nitrogens with zero attached hydrogens (tertiary/aromatic N) is 2. The Labute approximate surface area is 216 Å². The van der Waals surface area contributed by atoms with Crippen molar-refractivity contribution in [2.75, 3.05) is 23.7 Å². The highest BCUT2D eigenvalue weighted by molar-refractivity contribution is 7.92. The van der Waals surface area contributed by atoms with Gasteiger partial charge in [-0.25, -0.2) is 8.42 Å². The first-order valence-electron chi connectivity index (χ1n) is 12.5. The normalized spacial score (nSPS) is 12.8. The number of hydrogen-bond donors (Lipinski definition) is 1. The quantitative estimate of drug-likeness (QED) is 0.482. The minimum absolute atomic E-state index is 0.251. The van der Waals surface area contributed by atoms with Crippen LogP contribution in [-0.4, -0.2) is 56.1 Å². The largest absolute Gasteiger partial charge is 0.350 e. The van der Waals surface area contributed by atoms with E-state index in [0.29, 0.717) is 31.0 Å². The van der Waals surface area contributed by atoms with Crippen LogP contribution in [0.5, 0.6) is 0 Å². The van der Waals surface area contributed by atoms with E-state index in [1.807, 2.05) is 70.2 Å². The van der Waals surface area contributed by atoms with Gasteiger partial charge in [0.15, 0.2) is 0 Å². The first-order chi connectivity index (χ1) is 16.7. The van der Waals surface area contributed by atoms with Gasteiger partial charge in [-0.05, 0) is 62.8 Å². The molecule has 0 aliphatic rings. The number of amides is 2. The van der Waals surface area contributed by atoms with Gasteiger partial charge in [0.05, 0.1) is 11.9 Å². The highest BCUT2D eigenvalue weighted by Gasteiger charge is 2.32. The van der Waals surface area contributed by atoms with E-state index in [2.05, 4.69) is 19.2 Å². The number of hydrogen-bond acceptors (Lipinski definition) is 4. The van der Waals surface area contributed by atoms with Crippen LogP contribution in [0.3, 0.4) is 0 Å². The Bertz CT molecular complexity index is 1110. The van der Waals surface area contributed by atoms with Crippen molar-refractivity contribution >= 4 is 27.5 Å². The van der Waals surface area contributed by atoms with Gasteiger partial charge >= 0.3 is 0 Å². The fraction of sp³-hybridized carbons (Fsp3) is 0.500. The summed E-state index contributed by atoms with van der Waals surface area (Å²) >= 11 is 0. The van der Waals surface area contributed by atoms with Gasteiger partial charge in [-0.15, -0.1) is 0 Å². The SMILES string of the molecule is CCC(C(=O)NC(C)(C)C)N(CCc1ccccc1)C(=O)CN(c1ccc(C(C)C)cc1)S(C)(=O)=O. The van der Waals surface area contributed by atoms with Crippen LogP contribution in [0.1, 0.15) is 65.0 Å². The molecule has 0 aliphatic heterocycles. The van der Waals surface area contributed by atoms with Crippen LogP contribution < -0.4 is 9.62 Å². The van der Waals surface area contributed by atoms with E-state index in [1.165, 1.54) is 4.90 Å². The molecule has 0 heterocycles. The standard InChI is InChI=1S/C28H41N3O4S/c1-8-25(27(33)29-28(4,5)6)30(19-18-22-12-10-9-11-13-22)26(32)20-31(36(7,34)35)24-16-14-23(15-17-24)21(2)3/h9-17,21,25H,8,18-20H2,1-7H3,(H,29,33). The average Bonchev–Trinajstić information content (AvgIpc) is 2.78. The summed E-state index contributed by atoms with van der Waals surface area (Å²) < 4.78 is 26.6. The summed E-state index contributed by atoms with van der Waals surface area (Å²) in [6, 6.07) is 16.2. The summed E-state index contributed by atoms with van der Waals surface area (Å²) in [5, 5.41) is 2.97. The maximum absolute atomic E-state index is 13.7. The van der Waals surface area contributed by atoms with Crippen LogP contribution in [0.4, 0.5) is 5.69 Å². The van der Waals surface area contributed by atoms with Crippen molar-refractivity contribution < 1.29 is 18.0 Å². The summed E-state index contributed by atoms with van der Waals surface area (Å²) in [7, 11) is -3.74. The maximum atomic E-state index is 13.7. The van der Waals surface area contributed by atoms with Gasteiger partial charge < -0.3 is 10.2 Å². The molecule has 0 spiro atoms.